The highest BCUT2D eigenvalue weighted by molar-refractivity contribution is 6.05. The molecule has 5 rings (SSSR count). The van der Waals surface area contributed by atoms with Crippen molar-refractivity contribution in [2.75, 3.05) is 17.3 Å². The molecule has 1 aliphatic heterocycles. The summed E-state index contributed by atoms with van der Waals surface area (Å²) in [6, 6.07) is 25.0. The number of carbonyl (C=O) groups is 2. The molecule has 5 heteroatoms. The summed E-state index contributed by atoms with van der Waals surface area (Å²) in [5, 5.41) is 3.54. The smallest absolute Gasteiger partial charge is 0.224 e. The number of benzene rings is 3. The number of rotatable bonds is 3. The average molecular weight is 439 g/mol. The second kappa shape index (κ2) is 8.58. The number of fused-ring (bicyclic) bond motifs is 1. The number of nitrogens with one attached hydrogen (secondary N) is 1. The van der Waals surface area contributed by atoms with Gasteiger partial charge < -0.3 is 10.1 Å². The summed E-state index contributed by atoms with van der Waals surface area (Å²) >= 11 is 0. The summed E-state index contributed by atoms with van der Waals surface area (Å²) in [5.41, 5.74) is 5.21. The Hall–Kier alpha value is -3.86. The van der Waals surface area contributed by atoms with Crippen molar-refractivity contribution in [3.8, 4) is 5.75 Å². The summed E-state index contributed by atoms with van der Waals surface area (Å²) < 4.78 is 5.29. The monoisotopic (exact) mass is 438 g/mol. The summed E-state index contributed by atoms with van der Waals surface area (Å²) in [4.78, 5) is 28.5. The van der Waals surface area contributed by atoms with E-state index in [0.29, 0.717) is 18.4 Å². The number of nitrogens with zero attached hydrogens (tertiary/aromatic N) is 1. The van der Waals surface area contributed by atoms with Gasteiger partial charge in [-0.3, -0.25) is 14.5 Å². The molecule has 3 aromatic rings. The third kappa shape index (κ3) is 3.80. The lowest BCUT2D eigenvalue weighted by molar-refractivity contribution is -0.117. The maximum Gasteiger partial charge on any atom is 0.224 e. The number of Topliss-reactive ketones (excluding diaryl/α,β-unsaturated/α-hetero) is 1. The third-order valence-corrected chi connectivity index (χ3v) is 6.53. The minimum atomic E-state index is -0.473. The molecule has 3 aromatic carbocycles. The molecule has 1 N–H and O–H groups in total. The van der Waals surface area contributed by atoms with E-state index in [2.05, 4.69) is 5.32 Å². The van der Waals surface area contributed by atoms with Crippen molar-refractivity contribution >= 4 is 23.1 Å². The topological polar surface area (TPSA) is 58.6 Å². The summed E-state index contributed by atoms with van der Waals surface area (Å²) in [6.07, 6.45) is 1.09. The van der Waals surface area contributed by atoms with E-state index in [4.69, 9.17) is 4.74 Å². The van der Waals surface area contributed by atoms with Crippen LogP contribution in [0.15, 0.2) is 90.1 Å². The Labute approximate surface area is 193 Å². The van der Waals surface area contributed by atoms with Crippen LogP contribution in [0.4, 0.5) is 11.4 Å². The van der Waals surface area contributed by atoms with Crippen LogP contribution >= 0.6 is 0 Å². The first kappa shape index (κ1) is 21.0. The molecule has 0 bridgehead atoms. The second-order valence-corrected chi connectivity index (χ2v) is 8.54. The van der Waals surface area contributed by atoms with E-state index in [-0.39, 0.29) is 17.6 Å². The van der Waals surface area contributed by atoms with E-state index in [1.165, 1.54) is 0 Å². The van der Waals surface area contributed by atoms with E-state index in [9.17, 15) is 9.59 Å². The number of hydrogen-bond acceptors (Lipinski definition) is 4. The number of allylic oxidation sites excluding steroid dienone is 1. The van der Waals surface area contributed by atoms with Crippen LogP contribution in [0.25, 0.3) is 0 Å². The normalized spacial score (nSPS) is 19.8. The highest BCUT2D eigenvalue weighted by Gasteiger charge is 2.40. The van der Waals surface area contributed by atoms with Gasteiger partial charge in [-0.2, -0.15) is 0 Å². The molecule has 33 heavy (non-hydrogen) atoms. The second-order valence-electron chi connectivity index (χ2n) is 8.54. The van der Waals surface area contributed by atoms with Crippen LogP contribution in [0.3, 0.4) is 0 Å². The molecule has 1 heterocycles. The van der Waals surface area contributed by atoms with Gasteiger partial charge >= 0.3 is 0 Å². The van der Waals surface area contributed by atoms with Gasteiger partial charge in [0.05, 0.1) is 24.5 Å². The fourth-order valence-corrected chi connectivity index (χ4v) is 5.00. The summed E-state index contributed by atoms with van der Waals surface area (Å²) in [5.74, 6) is 0.820. The van der Waals surface area contributed by atoms with Crippen LogP contribution in [0.5, 0.6) is 5.75 Å². The summed E-state index contributed by atoms with van der Waals surface area (Å²) in [7, 11) is 1.65. The number of ether oxygens (including phenoxy) is 1. The maximum absolute atomic E-state index is 13.7. The van der Waals surface area contributed by atoms with Gasteiger partial charge in [-0.15, -0.1) is 0 Å². The number of methoxy groups -OCH3 is 1. The minimum absolute atomic E-state index is 0.0575. The van der Waals surface area contributed by atoms with Crippen molar-refractivity contribution < 1.29 is 14.3 Å². The molecule has 2 aliphatic rings. The number of hydrogen-bond donors (Lipinski definition) is 1. The Morgan fingerprint density at radius 2 is 1.61 bits per heavy atom. The Bertz CT molecular complexity index is 1230. The van der Waals surface area contributed by atoms with Crippen molar-refractivity contribution in [2.45, 2.75) is 31.7 Å². The molecule has 0 saturated heterocycles. The molecule has 2 atom stereocenters. The van der Waals surface area contributed by atoms with Gasteiger partial charge in [-0.05, 0) is 47.7 Å². The van der Waals surface area contributed by atoms with Crippen molar-refractivity contribution in [1.82, 2.24) is 0 Å². The fraction of sp³-hybridized carbons (Fsp3) is 0.214. The van der Waals surface area contributed by atoms with Gasteiger partial charge in [0.25, 0.3) is 0 Å². The van der Waals surface area contributed by atoms with Crippen molar-refractivity contribution in [3.63, 3.8) is 0 Å². The molecule has 0 saturated carbocycles. The molecule has 0 unspecified atom stereocenters. The summed E-state index contributed by atoms with van der Waals surface area (Å²) in [6.45, 7) is 1.56. The first-order valence-electron chi connectivity index (χ1n) is 11.2. The standard InChI is InChI=1S/C28H26N2O3/c1-18(31)30-25-11-7-6-10-23(25)29-24-16-21(19-12-14-22(33-2)15-13-19)17-26(32)27(24)28(30)20-8-4-3-5-9-20/h3-15,21,28-29H,16-17H2,1-2H3/t21-,28-/m1/s1. The Morgan fingerprint density at radius 3 is 2.30 bits per heavy atom. The zero-order chi connectivity index (χ0) is 22.9. The van der Waals surface area contributed by atoms with E-state index in [1.54, 1.807) is 18.9 Å². The molecule has 1 amide bonds. The van der Waals surface area contributed by atoms with E-state index < -0.39 is 6.04 Å². The number of carbonyl (C=O) groups excluding carboxylic acids is 2. The predicted octanol–water partition coefficient (Wildman–Crippen LogP) is 5.62. The van der Waals surface area contributed by atoms with Gasteiger partial charge in [0, 0.05) is 24.6 Å². The highest BCUT2D eigenvalue weighted by atomic mass is 16.5. The number of anilines is 2. The van der Waals surface area contributed by atoms with E-state index in [1.807, 2.05) is 78.9 Å². The largest absolute Gasteiger partial charge is 0.497 e. The molecular weight excluding hydrogens is 412 g/mol. The number of para-hydroxylation sites is 2. The molecule has 0 fully saturated rings. The first-order chi connectivity index (χ1) is 16.1. The van der Waals surface area contributed by atoms with Crippen LogP contribution < -0.4 is 15.0 Å². The van der Waals surface area contributed by atoms with Crippen LogP contribution in [-0.4, -0.2) is 18.8 Å². The van der Waals surface area contributed by atoms with E-state index >= 15 is 0 Å². The highest BCUT2D eigenvalue weighted by Crippen LogP contribution is 2.47. The lowest BCUT2D eigenvalue weighted by atomic mass is 9.78. The van der Waals surface area contributed by atoms with Crippen molar-refractivity contribution in [2.24, 2.45) is 0 Å². The fourth-order valence-electron chi connectivity index (χ4n) is 5.00. The van der Waals surface area contributed by atoms with Crippen LogP contribution in [0.1, 0.15) is 42.9 Å². The average Bonchev–Trinajstić information content (AvgIpc) is 2.99. The zero-order valence-corrected chi connectivity index (χ0v) is 18.7. The molecule has 0 aromatic heterocycles. The number of amides is 1. The van der Waals surface area contributed by atoms with Crippen molar-refractivity contribution in [3.05, 3.63) is 101 Å². The Balaban J connectivity index is 1.66. The molecule has 5 nitrogen and oxygen atoms in total. The van der Waals surface area contributed by atoms with Gasteiger partial charge in [0.2, 0.25) is 5.91 Å². The first-order valence-corrected chi connectivity index (χ1v) is 11.2. The van der Waals surface area contributed by atoms with Crippen LogP contribution in [0, 0.1) is 0 Å². The Kier molecular flexibility index (Phi) is 5.47. The maximum atomic E-state index is 13.7. The van der Waals surface area contributed by atoms with Crippen molar-refractivity contribution in [1.29, 1.82) is 0 Å². The van der Waals surface area contributed by atoms with E-state index in [0.717, 1.165) is 33.9 Å². The van der Waals surface area contributed by atoms with Gasteiger partial charge in [-0.1, -0.05) is 54.6 Å². The van der Waals surface area contributed by atoms with Gasteiger partial charge in [0.15, 0.2) is 5.78 Å². The molecular formula is C28H26N2O3. The molecule has 0 spiro atoms. The van der Waals surface area contributed by atoms with Crippen LogP contribution in [-0.2, 0) is 9.59 Å². The Morgan fingerprint density at radius 1 is 0.909 bits per heavy atom. The van der Waals surface area contributed by atoms with Gasteiger partial charge in [0.1, 0.15) is 5.75 Å². The quantitative estimate of drug-likeness (QED) is 0.577. The minimum Gasteiger partial charge on any atom is -0.497 e. The predicted molar refractivity (Wildman–Crippen MR) is 129 cm³/mol. The molecule has 0 radical (unpaired) electrons. The van der Waals surface area contributed by atoms with Crippen LogP contribution in [0.2, 0.25) is 0 Å². The molecule has 166 valence electrons. The molecule has 1 aliphatic carbocycles. The zero-order valence-electron chi connectivity index (χ0n) is 18.7. The number of ketones is 1. The third-order valence-electron chi connectivity index (χ3n) is 6.53. The lowest BCUT2D eigenvalue weighted by Crippen LogP contribution is -2.37. The lowest BCUT2D eigenvalue weighted by Gasteiger charge is -2.34. The SMILES string of the molecule is COc1ccc([C@H]2CC(=O)C3=C(C2)Nc2ccccc2N(C(C)=O)[C@@H]3c2ccccc2)cc1. The van der Waals surface area contributed by atoms with Gasteiger partial charge in [-0.25, -0.2) is 0 Å².